The van der Waals surface area contributed by atoms with Gasteiger partial charge in [-0.15, -0.1) is 5.10 Å². The molecule has 1 N–H and O–H groups in total. The van der Waals surface area contributed by atoms with Crippen molar-refractivity contribution in [3.63, 3.8) is 0 Å². The summed E-state index contributed by atoms with van der Waals surface area (Å²) in [5.74, 6) is 1.48. The van der Waals surface area contributed by atoms with Crippen molar-refractivity contribution in [3.05, 3.63) is 60.2 Å². The number of piperazine rings is 1. The molecule has 0 bridgehead atoms. The molecule has 3 heterocycles. The lowest BCUT2D eigenvalue weighted by Crippen LogP contribution is -2.49. The summed E-state index contributed by atoms with van der Waals surface area (Å²) >= 11 is 0. The second-order valence-electron chi connectivity index (χ2n) is 6.39. The van der Waals surface area contributed by atoms with Crippen LogP contribution in [0.3, 0.4) is 0 Å². The maximum absolute atomic E-state index is 12.4. The van der Waals surface area contributed by atoms with Gasteiger partial charge in [0.25, 0.3) is 5.91 Å². The number of carbonyl (C=O) groups is 1. The second kappa shape index (κ2) is 7.45. The Morgan fingerprint density at radius 2 is 2.00 bits per heavy atom. The van der Waals surface area contributed by atoms with E-state index < -0.39 is 0 Å². The van der Waals surface area contributed by atoms with Gasteiger partial charge in [0.05, 0.1) is 12.5 Å². The lowest BCUT2D eigenvalue weighted by atomic mass is 10.2. The SMILES string of the molecule is Cc1cccc(Nc2nncc(N3CCN(C(=O)c4ccco4)CC3)n2)c1. The fourth-order valence-corrected chi connectivity index (χ4v) is 3.05. The summed E-state index contributed by atoms with van der Waals surface area (Å²) in [6.07, 6.45) is 3.16. The lowest BCUT2D eigenvalue weighted by Gasteiger charge is -2.34. The van der Waals surface area contributed by atoms with Gasteiger partial charge in [0.2, 0.25) is 5.95 Å². The first-order chi connectivity index (χ1) is 13.2. The highest BCUT2D eigenvalue weighted by molar-refractivity contribution is 5.91. The second-order valence-corrected chi connectivity index (χ2v) is 6.39. The van der Waals surface area contributed by atoms with Crippen molar-refractivity contribution in [1.29, 1.82) is 0 Å². The minimum absolute atomic E-state index is 0.0812. The molecule has 4 rings (SSSR count). The highest BCUT2D eigenvalue weighted by Crippen LogP contribution is 2.18. The zero-order valence-electron chi connectivity index (χ0n) is 15.0. The Balaban J connectivity index is 1.40. The third kappa shape index (κ3) is 3.89. The number of hydrogen-bond acceptors (Lipinski definition) is 7. The van der Waals surface area contributed by atoms with Crippen molar-refractivity contribution in [2.24, 2.45) is 0 Å². The quantitative estimate of drug-likeness (QED) is 0.761. The molecule has 0 radical (unpaired) electrons. The molecule has 1 aromatic carbocycles. The van der Waals surface area contributed by atoms with E-state index in [0.717, 1.165) is 17.1 Å². The highest BCUT2D eigenvalue weighted by atomic mass is 16.3. The Hall–Kier alpha value is -3.42. The maximum Gasteiger partial charge on any atom is 0.289 e. The number of amides is 1. The molecule has 1 aliphatic rings. The Kier molecular flexibility index (Phi) is 4.69. The first-order valence-corrected chi connectivity index (χ1v) is 8.80. The van der Waals surface area contributed by atoms with Gasteiger partial charge in [0.15, 0.2) is 11.6 Å². The predicted molar refractivity (Wildman–Crippen MR) is 101 cm³/mol. The van der Waals surface area contributed by atoms with E-state index in [2.05, 4.69) is 25.4 Å². The van der Waals surface area contributed by atoms with Gasteiger partial charge in [0.1, 0.15) is 0 Å². The average Bonchev–Trinajstić information content (AvgIpc) is 3.23. The van der Waals surface area contributed by atoms with E-state index in [1.54, 1.807) is 23.2 Å². The summed E-state index contributed by atoms with van der Waals surface area (Å²) in [5.41, 5.74) is 2.07. The Morgan fingerprint density at radius 1 is 1.15 bits per heavy atom. The van der Waals surface area contributed by atoms with Crippen LogP contribution in [0.2, 0.25) is 0 Å². The molecule has 27 heavy (non-hydrogen) atoms. The molecular formula is C19H20N6O2. The summed E-state index contributed by atoms with van der Waals surface area (Å²) < 4.78 is 5.20. The number of nitrogens with one attached hydrogen (secondary N) is 1. The highest BCUT2D eigenvalue weighted by Gasteiger charge is 2.24. The fraction of sp³-hybridized carbons (Fsp3) is 0.263. The van der Waals surface area contributed by atoms with Crippen LogP contribution in [-0.2, 0) is 0 Å². The number of anilines is 3. The van der Waals surface area contributed by atoms with Gasteiger partial charge in [0, 0.05) is 31.9 Å². The Morgan fingerprint density at radius 3 is 2.74 bits per heavy atom. The fourth-order valence-electron chi connectivity index (χ4n) is 3.05. The van der Waals surface area contributed by atoms with Gasteiger partial charge in [-0.3, -0.25) is 4.79 Å². The van der Waals surface area contributed by atoms with Crippen LogP contribution in [0, 0.1) is 6.92 Å². The summed E-state index contributed by atoms with van der Waals surface area (Å²) in [7, 11) is 0. The van der Waals surface area contributed by atoms with Crippen LogP contribution in [0.4, 0.5) is 17.5 Å². The standard InChI is InChI=1S/C19H20N6O2/c1-14-4-2-5-15(12-14)21-19-22-17(13-20-23-19)24-7-9-25(10-8-24)18(26)16-6-3-11-27-16/h2-6,11-13H,7-10H2,1H3,(H,21,22,23). The summed E-state index contributed by atoms with van der Waals surface area (Å²) in [6.45, 7) is 4.59. The van der Waals surface area contributed by atoms with E-state index in [-0.39, 0.29) is 5.91 Å². The number of rotatable bonds is 4. The van der Waals surface area contributed by atoms with Gasteiger partial charge < -0.3 is 19.5 Å². The molecule has 1 fully saturated rings. The molecule has 1 saturated heterocycles. The Labute approximate surface area is 156 Å². The minimum atomic E-state index is -0.0812. The van der Waals surface area contributed by atoms with Crippen molar-refractivity contribution >= 4 is 23.4 Å². The van der Waals surface area contributed by atoms with Gasteiger partial charge in [-0.05, 0) is 36.8 Å². The minimum Gasteiger partial charge on any atom is -0.459 e. The van der Waals surface area contributed by atoms with Crippen LogP contribution in [0.25, 0.3) is 0 Å². The van der Waals surface area contributed by atoms with Crippen LogP contribution in [-0.4, -0.2) is 52.2 Å². The molecule has 2 aromatic heterocycles. The molecule has 8 nitrogen and oxygen atoms in total. The topological polar surface area (TPSA) is 87.4 Å². The molecule has 1 amide bonds. The summed E-state index contributed by atoms with van der Waals surface area (Å²) in [5, 5.41) is 11.3. The number of carbonyl (C=O) groups excluding carboxylic acids is 1. The first-order valence-electron chi connectivity index (χ1n) is 8.80. The van der Waals surface area contributed by atoms with Gasteiger partial charge in [-0.1, -0.05) is 12.1 Å². The zero-order chi connectivity index (χ0) is 18.6. The molecule has 0 saturated carbocycles. The number of nitrogens with zero attached hydrogens (tertiary/aromatic N) is 5. The van der Waals surface area contributed by atoms with E-state index in [9.17, 15) is 4.79 Å². The number of aryl methyl sites for hydroxylation is 1. The summed E-state index contributed by atoms with van der Waals surface area (Å²) in [4.78, 5) is 20.8. The predicted octanol–water partition coefficient (Wildman–Crippen LogP) is 2.48. The first kappa shape index (κ1) is 17.0. The largest absolute Gasteiger partial charge is 0.459 e. The normalized spacial score (nSPS) is 14.3. The van der Waals surface area contributed by atoms with E-state index >= 15 is 0 Å². The molecule has 0 atom stereocenters. The molecule has 1 aliphatic heterocycles. The van der Waals surface area contributed by atoms with E-state index in [0.29, 0.717) is 37.9 Å². The molecule has 0 unspecified atom stereocenters. The Bertz CT molecular complexity index is 919. The smallest absolute Gasteiger partial charge is 0.289 e. The monoisotopic (exact) mass is 364 g/mol. The molecule has 0 spiro atoms. The van der Waals surface area contributed by atoms with Crippen molar-refractivity contribution in [1.82, 2.24) is 20.1 Å². The third-order valence-corrected chi connectivity index (χ3v) is 4.44. The van der Waals surface area contributed by atoms with Crippen LogP contribution < -0.4 is 10.2 Å². The lowest BCUT2D eigenvalue weighted by molar-refractivity contribution is 0.0714. The van der Waals surface area contributed by atoms with Crippen LogP contribution in [0.5, 0.6) is 0 Å². The van der Waals surface area contributed by atoms with Crippen LogP contribution in [0.1, 0.15) is 16.1 Å². The van der Waals surface area contributed by atoms with Crippen LogP contribution >= 0.6 is 0 Å². The average molecular weight is 364 g/mol. The van der Waals surface area contributed by atoms with Crippen molar-refractivity contribution in [3.8, 4) is 0 Å². The van der Waals surface area contributed by atoms with E-state index in [4.69, 9.17) is 4.42 Å². The van der Waals surface area contributed by atoms with Crippen molar-refractivity contribution in [2.75, 3.05) is 36.4 Å². The van der Waals surface area contributed by atoms with Crippen molar-refractivity contribution < 1.29 is 9.21 Å². The molecular weight excluding hydrogens is 344 g/mol. The number of furan rings is 1. The molecule has 8 heteroatoms. The molecule has 0 aliphatic carbocycles. The number of hydrogen-bond donors (Lipinski definition) is 1. The number of benzene rings is 1. The van der Waals surface area contributed by atoms with E-state index in [1.807, 2.05) is 31.2 Å². The maximum atomic E-state index is 12.4. The molecule has 138 valence electrons. The van der Waals surface area contributed by atoms with Crippen LogP contribution in [0.15, 0.2) is 53.3 Å². The van der Waals surface area contributed by atoms with Gasteiger partial charge >= 0.3 is 0 Å². The van der Waals surface area contributed by atoms with Gasteiger partial charge in [-0.25, -0.2) is 0 Å². The zero-order valence-corrected chi connectivity index (χ0v) is 15.0. The summed E-state index contributed by atoms with van der Waals surface area (Å²) in [6, 6.07) is 11.4. The van der Waals surface area contributed by atoms with Crippen molar-refractivity contribution in [2.45, 2.75) is 6.92 Å². The van der Waals surface area contributed by atoms with Gasteiger partial charge in [-0.2, -0.15) is 10.1 Å². The third-order valence-electron chi connectivity index (χ3n) is 4.44. The number of aromatic nitrogens is 3. The molecule has 3 aromatic rings. The van der Waals surface area contributed by atoms with E-state index in [1.165, 1.54) is 6.26 Å².